The van der Waals surface area contributed by atoms with Crippen molar-refractivity contribution in [3.8, 4) is 0 Å². The monoisotopic (exact) mass is 239 g/mol. The summed E-state index contributed by atoms with van der Waals surface area (Å²) in [4.78, 5) is 16.4. The molecule has 2 rings (SSSR count). The summed E-state index contributed by atoms with van der Waals surface area (Å²) in [6.45, 7) is 4.18. The Kier molecular flexibility index (Phi) is 4.40. The smallest absolute Gasteiger partial charge is 0.222 e. The molecule has 0 aromatic heterocycles. The summed E-state index contributed by atoms with van der Waals surface area (Å²) in [5, 5.41) is 3.45. The second kappa shape index (κ2) is 5.83. The quantitative estimate of drug-likeness (QED) is 0.778. The van der Waals surface area contributed by atoms with Gasteiger partial charge in [-0.15, -0.1) is 0 Å². The van der Waals surface area contributed by atoms with Crippen molar-refractivity contribution in [2.24, 2.45) is 5.92 Å². The maximum absolute atomic E-state index is 12.0. The highest BCUT2D eigenvalue weighted by atomic mass is 16.2. The first-order chi connectivity index (χ1) is 8.18. The van der Waals surface area contributed by atoms with Gasteiger partial charge in [-0.3, -0.25) is 4.79 Å². The van der Waals surface area contributed by atoms with Crippen LogP contribution in [0.15, 0.2) is 0 Å². The first-order valence-electron chi connectivity index (χ1n) is 6.83. The molecule has 0 spiro atoms. The van der Waals surface area contributed by atoms with E-state index in [1.54, 1.807) is 0 Å². The standard InChI is InChI=1S/C13H25N3O/c1-15(2)8-3-9-16-12-6-7-14-10-11(12)4-5-13(16)17/h11-12,14H,3-10H2,1-2H3/t11-,12+/m1/s1. The minimum Gasteiger partial charge on any atom is -0.339 e. The Morgan fingerprint density at radius 1 is 1.41 bits per heavy atom. The van der Waals surface area contributed by atoms with E-state index < -0.39 is 0 Å². The lowest BCUT2D eigenvalue weighted by Gasteiger charge is -2.44. The van der Waals surface area contributed by atoms with E-state index in [1.165, 1.54) is 0 Å². The van der Waals surface area contributed by atoms with Crippen molar-refractivity contribution in [3.63, 3.8) is 0 Å². The molecule has 2 saturated heterocycles. The van der Waals surface area contributed by atoms with Gasteiger partial charge in [-0.1, -0.05) is 0 Å². The second-order valence-electron chi connectivity index (χ2n) is 5.60. The van der Waals surface area contributed by atoms with Crippen LogP contribution in [0, 0.1) is 5.92 Å². The first-order valence-corrected chi connectivity index (χ1v) is 6.83. The van der Waals surface area contributed by atoms with Crippen molar-refractivity contribution in [1.82, 2.24) is 15.1 Å². The summed E-state index contributed by atoms with van der Waals surface area (Å²) < 4.78 is 0. The largest absolute Gasteiger partial charge is 0.339 e. The van der Waals surface area contributed by atoms with Gasteiger partial charge in [-0.2, -0.15) is 0 Å². The number of likely N-dealkylation sites (tertiary alicyclic amines) is 1. The van der Waals surface area contributed by atoms with Crippen LogP contribution in [0.25, 0.3) is 0 Å². The van der Waals surface area contributed by atoms with Gasteiger partial charge < -0.3 is 15.1 Å². The van der Waals surface area contributed by atoms with Crippen molar-refractivity contribution < 1.29 is 4.79 Å². The number of amides is 1. The number of piperidine rings is 2. The van der Waals surface area contributed by atoms with Crippen molar-refractivity contribution in [3.05, 3.63) is 0 Å². The second-order valence-corrected chi connectivity index (χ2v) is 5.60. The Bertz CT molecular complexity index is 267. The Labute approximate surface area is 104 Å². The fourth-order valence-corrected chi connectivity index (χ4v) is 3.10. The highest BCUT2D eigenvalue weighted by Gasteiger charge is 2.36. The molecule has 0 saturated carbocycles. The zero-order chi connectivity index (χ0) is 12.3. The van der Waals surface area contributed by atoms with E-state index in [9.17, 15) is 4.79 Å². The summed E-state index contributed by atoms with van der Waals surface area (Å²) in [7, 11) is 4.18. The van der Waals surface area contributed by atoms with E-state index >= 15 is 0 Å². The van der Waals surface area contributed by atoms with Crippen LogP contribution in [0.5, 0.6) is 0 Å². The molecule has 2 heterocycles. The third-order valence-electron chi connectivity index (χ3n) is 4.02. The molecule has 2 aliphatic rings. The minimum absolute atomic E-state index is 0.381. The molecule has 4 heteroatoms. The van der Waals surface area contributed by atoms with E-state index in [4.69, 9.17) is 0 Å². The van der Waals surface area contributed by atoms with Crippen molar-refractivity contribution in [2.75, 3.05) is 40.3 Å². The molecule has 0 bridgehead atoms. The molecule has 2 fully saturated rings. The maximum atomic E-state index is 12.0. The lowest BCUT2D eigenvalue weighted by molar-refractivity contribution is -0.139. The molecule has 2 aliphatic heterocycles. The van der Waals surface area contributed by atoms with Crippen LogP contribution < -0.4 is 5.32 Å². The maximum Gasteiger partial charge on any atom is 0.222 e. The molecular weight excluding hydrogens is 214 g/mol. The molecule has 0 radical (unpaired) electrons. The van der Waals surface area contributed by atoms with Gasteiger partial charge >= 0.3 is 0 Å². The normalized spacial score (nSPS) is 29.6. The van der Waals surface area contributed by atoms with Crippen LogP contribution in [0.2, 0.25) is 0 Å². The Morgan fingerprint density at radius 2 is 2.24 bits per heavy atom. The van der Waals surface area contributed by atoms with Gasteiger partial charge in [0.2, 0.25) is 5.91 Å². The molecule has 0 aliphatic carbocycles. The van der Waals surface area contributed by atoms with E-state index in [1.807, 2.05) is 0 Å². The number of carbonyl (C=O) groups is 1. The molecule has 98 valence electrons. The fraction of sp³-hybridized carbons (Fsp3) is 0.923. The molecule has 0 unspecified atom stereocenters. The summed E-state index contributed by atoms with van der Waals surface area (Å²) in [5.41, 5.74) is 0. The Hall–Kier alpha value is -0.610. The molecule has 0 aromatic rings. The van der Waals surface area contributed by atoms with E-state index in [2.05, 4.69) is 29.2 Å². The lowest BCUT2D eigenvalue weighted by atomic mass is 9.84. The van der Waals surface area contributed by atoms with Crippen molar-refractivity contribution >= 4 is 5.91 Å². The molecule has 1 N–H and O–H groups in total. The van der Waals surface area contributed by atoms with Crippen LogP contribution in [0.4, 0.5) is 0 Å². The molecule has 1 amide bonds. The lowest BCUT2D eigenvalue weighted by Crippen LogP contribution is -2.55. The van der Waals surface area contributed by atoms with Gasteiger partial charge in [-0.05, 0) is 58.9 Å². The Balaban J connectivity index is 1.89. The van der Waals surface area contributed by atoms with Crippen molar-refractivity contribution in [1.29, 1.82) is 0 Å². The third-order valence-corrected chi connectivity index (χ3v) is 4.02. The fourth-order valence-electron chi connectivity index (χ4n) is 3.10. The zero-order valence-corrected chi connectivity index (χ0v) is 11.1. The van der Waals surface area contributed by atoms with Gasteiger partial charge in [0.1, 0.15) is 0 Å². The number of nitrogens with zero attached hydrogens (tertiary/aromatic N) is 2. The third kappa shape index (κ3) is 3.19. The number of rotatable bonds is 4. The number of hydrogen-bond donors (Lipinski definition) is 1. The first kappa shape index (κ1) is 12.8. The predicted molar refractivity (Wildman–Crippen MR) is 68.9 cm³/mol. The summed E-state index contributed by atoms with van der Waals surface area (Å²) in [6, 6.07) is 0.514. The van der Waals surface area contributed by atoms with Crippen LogP contribution in [-0.4, -0.2) is 62.0 Å². The highest BCUT2D eigenvalue weighted by Crippen LogP contribution is 2.28. The van der Waals surface area contributed by atoms with E-state index in [0.717, 1.165) is 51.9 Å². The Morgan fingerprint density at radius 3 is 3.00 bits per heavy atom. The topological polar surface area (TPSA) is 35.6 Å². The van der Waals surface area contributed by atoms with Gasteiger partial charge in [0.25, 0.3) is 0 Å². The number of hydrogen-bond acceptors (Lipinski definition) is 3. The van der Waals surface area contributed by atoms with Crippen LogP contribution >= 0.6 is 0 Å². The molecule has 4 nitrogen and oxygen atoms in total. The molecule has 2 atom stereocenters. The van der Waals surface area contributed by atoms with Gasteiger partial charge in [0.15, 0.2) is 0 Å². The molecule has 0 aromatic carbocycles. The van der Waals surface area contributed by atoms with E-state index in [0.29, 0.717) is 17.9 Å². The number of nitrogens with one attached hydrogen (secondary N) is 1. The van der Waals surface area contributed by atoms with E-state index in [-0.39, 0.29) is 0 Å². The minimum atomic E-state index is 0.381. The number of carbonyl (C=O) groups excluding carboxylic acids is 1. The zero-order valence-electron chi connectivity index (χ0n) is 11.1. The summed E-state index contributed by atoms with van der Waals surface area (Å²) >= 11 is 0. The van der Waals surface area contributed by atoms with Gasteiger partial charge in [0, 0.05) is 19.0 Å². The van der Waals surface area contributed by atoms with Crippen molar-refractivity contribution in [2.45, 2.75) is 31.7 Å². The van der Waals surface area contributed by atoms with Gasteiger partial charge in [0.05, 0.1) is 0 Å². The summed E-state index contributed by atoms with van der Waals surface area (Å²) in [6.07, 6.45) is 4.07. The molecular formula is C13H25N3O. The van der Waals surface area contributed by atoms with Crippen LogP contribution in [0.1, 0.15) is 25.7 Å². The average molecular weight is 239 g/mol. The van der Waals surface area contributed by atoms with Crippen LogP contribution in [0.3, 0.4) is 0 Å². The highest BCUT2D eigenvalue weighted by molar-refractivity contribution is 5.77. The van der Waals surface area contributed by atoms with Crippen LogP contribution in [-0.2, 0) is 4.79 Å². The predicted octanol–water partition coefficient (Wildman–Crippen LogP) is 0.539. The SMILES string of the molecule is CN(C)CCCN1C(=O)CC[C@@H]2CNCC[C@@H]21. The molecule has 17 heavy (non-hydrogen) atoms. The summed E-state index contributed by atoms with van der Waals surface area (Å²) in [5.74, 6) is 1.08. The number of fused-ring (bicyclic) bond motifs is 1. The van der Waals surface area contributed by atoms with Gasteiger partial charge in [-0.25, -0.2) is 0 Å². The average Bonchev–Trinajstić information content (AvgIpc) is 2.32.